The summed E-state index contributed by atoms with van der Waals surface area (Å²) < 4.78 is 6.94. The second kappa shape index (κ2) is 7.72. The number of carbonyl (C=O) groups excluding carboxylic acids is 1. The minimum atomic E-state index is 0.0231. The number of carbonyl (C=O) groups is 1. The van der Waals surface area contributed by atoms with Crippen molar-refractivity contribution in [1.82, 2.24) is 14.8 Å². The number of aromatic nitrogens is 3. The Labute approximate surface area is 155 Å². The second-order valence-electron chi connectivity index (χ2n) is 5.29. The first-order valence-electron chi connectivity index (χ1n) is 7.54. The van der Waals surface area contributed by atoms with E-state index < -0.39 is 0 Å². The van der Waals surface area contributed by atoms with E-state index in [9.17, 15) is 4.79 Å². The molecule has 0 amide bonds. The molecule has 0 saturated carbocycles. The zero-order valence-electron chi connectivity index (χ0n) is 13.8. The third-order valence-electron chi connectivity index (χ3n) is 3.69. The van der Waals surface area contributed by atoms with Gasteiger partial charge in [0.2, 0.25) is 0 Å². The molecule has 1 aromatic heterocycles. The Morgan fingerprint density at radius 3 is 2.56 bits per heavy atom. The van der Waals surface area contributed by atoms with Gasteiger partial charge in [-0.2, -0.15) is 0 Å². The van der Waals surface area contributed by atoms with E-state index in [1.54, 1.807) is 31.4 Å². The summed E-state index contributed by atoms with van der Waals surface area (Å²) in [6.45, 7) is 0. The number of benzene rings is 2. The molecule has 0 N–H and O–H groups in total. The number of rotatable bonds is 6. The first-order chi connectivity index (χ1) is 12.1. The number of thioether (sulfide) groups is 1. The van der Waals surface area contributed by atoms with E-state index in [-0.39, 0.29) is 11.5 Å². The molecule has 3 rings (SSSR count). The van der Waals surface area contributed by atoms with Crippen molar-refractivity contribution in [1.29, 1.82) is 0 Å². The SMILES string of the molecule is COc1ccc(C(=O)CSc2nnc(-c3ccccc3Cl)n2C)cc1. The van der Waals surface area contributed by atoms with E-state index in [0.717, 1.165) is 11.3 Å². The molecule has 7 heteroatoms. The lowest BCUT2D eigenvalue weighted by Crippen LogP contribution is -2.04. The summed E-state index contributed by atoms with van der Waals surface area (Å²) in [7, 11) is 3.45. The van der Waals surface area contributed by atoms with Crippen molar-refractivity contribution in [2.24, 2.45) is 7.05 Å². The van der Waals surface area contributed by atoms with Crippen molar-refractivity contribution in [2.75, 3.05) is 12.9 Å². The highest BCUT2D eigenvalue weighted by molar-refractivity contribution is 7.99. The molecule has 0 unspecified atom stereocenters. The highest BCUT2D eigenvalue weighted by Gasteiger charge is 2.15. The third kappa shape index (κ3) is 3.86. The van der Waals surface area contributed by atoms with Crippen molar-refractivity contribution < 1.29 is 9.53 Å². The predicted octanol–water partition coefficient (Wildman–Crippen LogP) is 4.12. The van der Waals surface area contributed by atoms with Crippen molar-refractivity contribution in [2.45, 2.75) is 5.16 Å². The lowest BCUT2D eigenvalue weighted by Gasteiger charge is -2.05. The zero-order valence-corrected chi connectivity index (χ0v) is 15.3. The summed E-state index contributed by atoms with van der Waals surface area (Å²) in [6, 6.07) is 14.5. The van der Waals surface area contributed by atoms with E-state index in [4.69, 9.17) is 16.3 Å². The van der Waals surface area contributed by atoms with Crippen molar-refractivity contribution in [3.63, 3.8) is 0 Å². The Bertz CT molecular complexity index is 894. The third-order valence-corrected chi connectivity index (χ3v) is 5.04. The van der Waals surface area contributed by atoms with E-state index >= 15 is 0 Å². The topological polar surface area (TPSA) is 57.0 Å². The van der Waals surface area contributed by atoms with Crippen LogP contribution in [0.1, 0.15) is 10.4 Å². The Kier molecular flexibility index (Phi) is 5.40. The Morgan fingerprint density at radius 2 is 1.88 bits per heavy atom. The molecule has 0 fully saturated rings. The number of halogens is 1. The van der Waals surface area contributed by atoms with Crippen LogP contribution in [0.2, 0.25) is 5.02 Å². The minimum absolute atomic E-state index is 0.0231. The number of methoxy groups -OCH3 is 1. The lowest BCUT2D eigenvalue weighted by molar-refractivity contribution is 0.102. The lowest BCUT2D eigenvalue weighted by atomic mass is 10.1. The molecule has 3 aromatic rings. The van der Waals surface area contributed by atoms with Gasteiger partial charge in [-0.05, 0) is 36.4 Å². The van der Waals surface area contributed by atoms with Gasteiger partial charge in [0, 0.05) is 18.2 Å². The fraction of sp³-hybridized carbons (Fsp3) is 0.167. The molecular weight excluding hydrogens is 358 g/mol. The van der Waals surface area contributed by atoms with Crippen LogP contribution in [-0.2, 0) is 7.05 Å². The molecule has 5 nitrogen and oxygen atoms in total. The van der Waals surface area contributed by atoms with Gasteiger partial charge in [-0.3, -0.25) is 4.79 Å². The summed E-state index contributed by atoms with van der Waals surface area (Å²) in [6.07, 6.45) is 0. The van der Waals surface area contributed by atoms with Gasteiger partial charge >= 0.3 is 0 Å². The molecule has 0 bridgehead atoms. The maximum atomic E-state index is 12.3. The minimum Gasteiger partial charge on any atom is -0.497 e. The monoisotopic (exact) mass is 373 g/mol. The summed E-state index contributed by atoms with van der Waals surface area (Å²) in [4.78, 5) is 12.3. The molecule has 0 aliphatic heterocycles. The standard InChI is InChI=1S/C18H16ClN3O2S/c1-22-17(14-5-3-4-6-15(14)19)20-21-18(22)25-11-16(23)12-7-9-13(24-2)10-8-12/h3-10H,11H2,1-2H3. The van der Waals surface area contributed by atoms with Crippen LogP contribution in [0.25, 0.3) is 11.4 Å². The van der Waals surface area contributed by atoms with E-state index in [1.165, 1.54) is 11.8 Å². The van der Waals surface area contributed by atoms with Crippen LogP contribution >= 0.6 is 23.4 Å². The van der Waals surface area contributed by atoms with Gasteiger partial charge in [0.05, 0.1) is 17.9 Å². The smallest absolute Gasteiger partial charge is 0.191 e. The normalized spacial score (nSPS) is 10.7. The molecule has 0 aliphatic carbocycles. The zero-order chi connectivity index (χ0) is 17.8. The van der Waals surface area contributed by atoms with E-state index in [0.29, 0.717) is 21.6 Å². The Morgan fingerprint density at radius 1 is 1.16 bits per heavy atom. The Balaban J connectivity index is 1.71. The number of hydrogen-bond donors (Lipinski definition) is 0. The molecule has 128 valence electrons. The molecule has 0 saturated heterocycles. The van der Waals surface area contributed by atoms with Crippen molar-refractivity contribution >= 4 is 29.1 Å². The molecule has 0 radical (unpaired) electrons. The van der Waals surface area contributed by atoms with Crippen LogP contribution in [0.15, 0.2) is 53.7 Å². The van der Waals surface area contributed by atoms with Gasteiger partial charge < -0.3 is 9.30 Å². The number of ether oxygens (including phenoxy) is 1. The fourth-order valence-electron chi connectivity index (χ4n) is 2.31. The summed E-state index contributed by atoms with van der Waals surface area (Å²) >= 11 is 7.57. The van der Waals surface area contributed by atoms with Crippen molar-refractivity contribution in [3.8, 4) is 17.1 Å². The highest BCUT2D eigenvalue weighted by Crippen LogP contribution is 2.28. The van der Waals surface area contributed by atoms with Crippen LogP contribution < -0.4 is 4.74 Å². The van der Waals surface area contributed by atoms with Gasteiger partial charge in [-0.15, -0.1) is 10.2 Å². The average Bonchev–Trinajstić information content (AvgIpc) is 3.00. The molecule has 0 aliphatic rings. The summed E-state index contributed by atoms with van der Waals surface area (Å²) in [5.41, 5.74) is 1.45. The number of Topliss-reactive ketones (excluding diaryl/α,β-unsaturated/α-hetero) is 1. The number of hydrogen-bond acceptors (Lipinski definition) is 5. The maximum Gasteiger partial charge on any atom is 0.191 e. The van der Waals surface area contributed by atoms with Gasteiger partial charge in [0.1, 0.15) is 5.75 Å². The molecule has 2 aromatic carbocycles. The van der Waals surface area contributed by atoms with Gasteiger partial charge in [0.25, 0.3) is 0 Å². The predicted molar refractivity (Wildman–Crippen MR) is 99.5 cm³/mol. The van der Waals surface area contributed by atoms with E-state index in [2.05, 4.69) is 10.2 Å². The second-order valence-corrected chi connectivity index (χ2v) is 6.64. The molecule has 0 spiro atoms. The molecule has 1 heterocycles. The molecule has 0 atom stereocenters. The fourth-order valence-corrected chi connectivity index (χ4v) is 3.33. The maximum absolute atomic E-state index is 12.3. The van der Waals surface area contributed by atoms with Gasteiger partial charge in [-0.25, -0.2) is 0 Å². The Hall–Kier alpha value is -2.31. The quantitative estimate of drug-likeness (QED) is 0.480. The van der Waals surface area contributed by atoms with Crippen LogP contribution in [0.5, 0.6) is 5.75 Å². The van der Waals surface area contributed by atoms with Crippen LogP contribution in [0.3, 0.4) is 0 Å². The summed E-state index contributed by atoms with van der Waals surface area (Å²) in [5.74, 6) is 1.70. The largest absolute Gasteiger partial charge is 0.497 e. The number of nitrogens with zero attached hydrogens (tertiary/aromatic N) is 3. The molecular formula is C18H16ClN3O2S. The van der Waals surface area contributed by atoms with E-state index in [1.807, 2.05) is 35.9 Å². The number of ketones is 1. The van der Waals surface area contributed by atoms with Gasteiger partial charge in [-0.1, -0.05) is 35.5 Å². The molecule has 25 heavy (non-hydrogen) atoms. The first-order valence-corrected chi connectivity index (χ1v) is 8.91. The first kappa shape index (κ1) is 17.5. The van der Waals surface area contributed by atoms with Crippen LogP contribution in [-0.4, -0.2) is 33.4 Å². The van der Waals surface area contributed by atoms with Crippen molar-refractivity contribution in [3.05, 3.63) is 59.1 Å². The van der Waals surface area contributed by atoms with Crippen LogP contribution in [0.4, 0.5) is 0 Å². The highest BCUT2D eigenvalue weighted by atomic mass is 35.5. The summed E-state index contributed by atoms with van der Waals surface area (Å²) in [5, 5.41) is 9.65. The van der Waals surface area contributed by atoms with Gasteiger partial charge in [0.15, 0.2) is 16.8 Å². The average molecular weight is 374 g/mol. The van der Waals surface area contributed by atoms with Crippen LogP contribution in [0, 0.1) is 0 Å².